The van der Waals surface area contributed by atoms with Gasteiger partial charge in [0.2, 0.25) is 0 Å². The number of hydrogen-bond acceptors (Lipinski definition) is 4. The lowest BCUT2D eigenvalue weighted by molar-refractivity contribution is 0.158. The Morgan fingerprint density at radius 1 is 1.27 bits per heavy atom. The number of nitrogens with zero attached hydrogens (tertiary/aromatic N) is 2. The molecule has 0 spiro atoms. The molecule has 2 N–H and O–H groups in total. The van der Waals surface area contributed by atoms with Crippen LogP contribution in [0.1, 0.15) is 34.4 Å². The third kappa shape index (κ3) is 3.78. The average Bonchev–Trinajstić information content (AvgIpc) is 3.16. The first kappa shape index (κ1) is 14.9. The Bertz CT molecular complexity index is 727. The lowest BCUT2D eigenvalue weighted by Crippen LogP contribution is -2.01. The van der Waals surface area contributed by atoms with Crippen molar-refractivity contribution < 1.29 is 9.50 Å². The summed E-state index contributed by atoms with van der Waals surface area (Å²) < 4.78 is 13.2. The summed E-state index contributed by atoms with van der Waals surface area (Å²) in [6.07, 6.45) is 2.87. The molecule has 3 rings (SSSR count). The van der Waals surface area contributed by atoms with E-state index in [9.17, 15) is 9.50 Å². The third-order valence-corrected chi connectivity index (χ3v) is 4.45. The number of aliphatic hydroxyl groups excluding tert-OH is 1. The van der Waals surface area contributed by atoms with Gasteiger partial charge in [-0.3, -0.25) is 5.10 Å². The highest BCUT2D eigenvalue weighted by Crippen LogP contribution is 2.22. The van der Waals surface area contributed by atoms with E-state index in [2.05, 4.69) is 26.6 Å². The second-order valence-electron chi connectivity index (χ2n) is 5.14. The fraction of sp³-hybridized carbons (Fsp3) is 0.250. The van der Waals surface area contributed by atoms with Gasteiger partial charge in [0.1, 0.15) is 18.2 Å². The van der Waals surface area contributed by atoms with Crippen molar-refractivity contribution in [1.82, 2.24) is 15.2 Å². The van der Waals surface area contributed by atoms with Crippen molar-refractivity contribution in [2.24, 2.45) is 0 Å². The van der Waals surface area contributed by atoms with Gasteiger partial charge in [-0.1, -0.05) is 12.1 Å². The van der Waals surface area contributed by atoms with Crippen LogP contribution in [-0.4, -0.2) is 20.3 Å². The molecule has 0 radical (unpaired) electrons. The van der Waals surface area contributed by atoms with Crippen molar-refractivity contribution in [3.8, 4) is 0 Å². The Morgan fingerprint density at radius 2 is 2.18 bits per heavy atom. The maximum atomic E-state index is 13.2. The van der Waals surface area contributed by atoms with Crippen molar-refractivity contribution in [3.05, 3.63) is 69.7 Å². The van der Waals surface area contributed by atoms with Gasteiger partial charge in [0, 0.05) is 4.88 Å². The summed E-state index contributed by atoms with van der Waals surface area (Å²) in [5.74, 6) is 0.221. The number of halogens is 1. The fourth-order valence-corrected chi connectivity index (χ4v) is 3.23. The molecule has 0 aliphatic carbocycles. The van der Waals surface area contributed by atoms with Gasteiger partial charge in [-0.25, -0.2) is 9.37 Å². The molecular formula is C16H16FN3OS. The standard InChI is InChI=1S/C16H16FN3OS/c17-13-3-1-2-11(7-13)6-12-8-14(22-9-12)4-5-15(21)16-18-10-19-20-16/h1-3,7-10,15,21H,4-6H2,(H,18,19,20). The van der Waals surface area contributed by atoms with E-state index >= 15 is 0 Å². The maximum absolute atomic E-state index is 13.2. The van der Waals surface area contributed by atoms with E-state index in [1.165, 1.54) is 17.3 Å². The maximum Gasteiger partial charge on any atom is 0.178 e. The summed E-state index contributed by atoms with van der Waals surface area (Å²) in [4.78, 5) is 5.14. The van der Waals surface area contributed by atoms with Crippen molar-refractivity contribution in [2.75, 3.05) is 0 Å². The lowest BCUT2D eigenvalue weighted by Gasteiger charge is -2.04. The predicted molar refractivity (Wildman–Crippen MR) is 83.2 cm³/mol. The molecule has 4 nitrogen and oxygen atoms in total. The van der Waals surface area contributed by atoms with Crippen molar-refractivity contribution >= 4 is 11.3 Å². The third-order valence-electron chi connectivity index (χ3n) is 3.40. The predicted octanol–water partition coefficient (Wildman–Crippen LogP) is 3.26. The van der Waals surface area contributed by atoms with Gasteiger partial charge >= 0.3 is 0 Å². The van der Waals surface area contributed by atoms with Gasteiger partial charge < -0.3 is 5.11 Å². The van der Waals surface area contributed by atoms with E-state index in [1.807, 2.05) is 6.07 Å². The number of rotatable bonds is 6. The molecule has 6 heteroatoms. The van der Waals surface area contributed by atoms with Gasteiger partial charge in [-0.15, -0.1) is 11.3 Å². The number of aliphatic hydroxyl groups is 1. The Balaban J connectivity index is 1.57. The number of nitrogens with one attached hydrogen (secondary N) is 1. The molecular weight excluding hydrogens is 301 g/mol. The smallest absolute Gasteiger partial charge is 0.178 e. The van der Waals surface area contributed by atoms with Gasteiger partial charge in [0.15, 0.2) is 5.82 Å². The zero-order valence-corrected chi connectivity index (χ0v) is 12.7. The van der Waals surface area contributed by atoms with Crippen LogP contribution in [0.3, 0.4) is 0 Å². The van der Waals surface area contributed by atoms with Crippen LogP contribution in [0.2, 0.25) is 0 Å². The number of aromatic nitrogens is 3. The first-order valence-corrected chi connectivity index (χ1v) is 7.93. The molecule has 2 heterocycles. The quantitative estimate of drug-likeness (QED) is 0.733. The van der Waals surface area contributed by atoms with Crippen LogP contribution in [0.4, 0.5) is 4.39 Å². The summed E-state index contributed by atoms with van der Waals surface area (Å²) in [6.45, 7) is 0. The second-order valence-corrected chi connectivity index (χ2v) is 6.14. The monoisotopic (exact) mass is 317 g/mol. The minimum Gasteiger partial charge on any atom is -0.385 e. The molecule has 0 bridgehead atoms. The number of aryl methyl sites for hydroxylation is 1. The number of H-pyrrole nitrogens is 1. The first-order chi connectivity index (χ1) is 10.7. The second kappa shape index (κ2) is 6.81. The minimum atomic E-state index is -0.653. The molecule has 22 heavy (non-hydrogen) atoms. The van der Waals surface area contributed by atoms with E-state index in [0.29, 0.717) is 12.2 Å². The number of hydrogen-bond donors (Lipinski definition) is 2. The molecule has 1 atom stereocenters. The molecule has 0 aliphatic heterocycles. The highest BCUT2D eigenvalue weighted by Gasteiger charge is 2.12. The van der Waals surface area contributed by atoms with Gasteiger partial charge in [0.25, 0.3) is 0 Å². The van der Waals surface area contributed by atoms with Gasteiger partial charge in [0.05, 0.1) is 0 Å². The SMILES string of the molecule is OC(CCc1cc(Cc2cccc(F)c2)cs1)c1nc[nH]n1. The summed E-state index contributed by atoms with van der Waals surface area (Å²) >= 11 is 1.66. The van der Waals surface area contributed by atoms with E-state index in [1.54, 1.807) is 23.5 Å². The van der Waals surface area contributed by atoms with E-state index in [4.69, 9.17) is 0 Å². The number of thiophene rings is 1. The van der Waals surface area contributed by atoms with Crippen LogP contribution in [0, 0.1) is 5.82 Å². The van der Waals surface area contributed by atoms with E-state index in [-0.39, 0.29) is 5.82 Å². The van der Waals surface area contributed by atoms with Crippen LogP contribution in [-0.2, 0) is 12.8 Å². The largest absolute Gasteiger partial charge is 0.385 e. The number of benzene rings is 1. The zero-order valence-electron chi connectivity index (χ0n) is 11.9. The molecule has 0 saturated heterocycles. The zero-order chi connectivity index (χ0) is 15.4. The average molecular weight is 317 g/mol. The van der Waals surface area contributed by atoms with Crippen LogP contribution in [0.15, 0.2) is 42.0 Å². The molecule has 0 saturated carbocycles. The molecule has 1 aromatic carbocycles. The van der Waals surface area contributed by atoms with Gasteiger partial charge in [-0.05, 0) is 54.0 Å². The Kier molecular flexibility index (Phi) is 4.60. The highest BCUT2D eigenvalue weighted by molar-refractivity contribution is 7.10. The van der Waals surface area contributed by atoms with Crippen molar-refractivity contribution in [1.29, 1.82) is 0 Å². The molecule has 114 valence electrons. The highest BCUT2D eigenvalue weighted by atomic mass is 32.1. The van der Waals surface area contributed by atoms with Crippen LogP contribution in [0.25, 0.3) is 0 Å². The fourth-order valence-electron chi connectivity index (χ4n) is 2.32. The van der Waals surface area contributed by atoms with E-state index < -0.39 is 6.10 Å². The topological polar surface area (TPSA) is 61.8 Å². The van der Waals surface area contributed by atoms with Crippen molar-refractivity contribution in [2.45, 2.75) is 25.4 Å². The van der Waals surface area contributed by atoms with Crippen molar-refractivity contribution in [3.63, 3.8) is 0 Å². The lowest BCUT2D eigenvalue weighted by atomic mass is 10.1. The molecule has 0 amide bonds. The Hall–Kier alpha value is -2.05. The molecule has 0 fully saturated rings. The Labute approximate surface area is 131 Å². The minimum absolute atomic E-state index is 0.206. The van der Waals surface area contributed by atoms with Crippen LogP contribution >= 0.6 is 11.3 Å². The first-order valence-electron chi connectivity index (χ1n) is 7.05. The van der Waals surface area contributed by atoms with Crippen LogP contribution in [0.5, 0.6) is 0 Å². The summed E-state index contributed by atoms with van der Waals surface area (Å²) in [6, 6.07) is 8.77. The van der Waals surface area contributed by atoms with E-state index in [0.717, 1.165) is 24.0 Å². The summed E-state index contributed by atoms with van der Waals surface area (Å²) in [5.41, 5.74) is 2.13. The van der Waals surface area contributed by atoms with Crippen LogP contribution < -0.4 is 0 Å². The molecule has 0 aliphatic rings. The molecule has 1 unspecified atom stereocenters. The van der Waals surface area contributed by atoms with Gasteiger partial charge in [-0.2, -0.15) is 5.10 Å². The normalized spacial score (nSPS) is 12.5. The Morgan fingerprint density at radius 3 is 2.95 bits per heavy atom. The molecule has 3 aromatic rings. The summed E-state index contributed by atoms with van der Waals surface area (Å²) in [7, 11) is 0. The molecule has 2 aromatic heterocycles. The number of aromatic amines is 1. The summed E-state index contributed by atoms with van der Waals surface area (Å²) in [5, 5.41) is 18.5.